The Balaban J connectivity index is 0.000000237. The fourth-order valence-electron chi connectivity index (χ4n) is 9.84. The lowest BCUT2D eigenvalue weighted by Gasteiger charge is -2.44. The van der Waals surface area contributed by atoms with E-state index in [-0.39, 0.29) is 5.78 Å². The van der Waals surface area contributed by atoms with Crippen molar-refractivity contribution in [3.63, 3.8) is 0 Å². The third kappa shape index (κ3) is 9.52. The second-order valence-corrected chi connectivity index (χ2v) is 21.8. The highest BCUT2D eigenvalue weighted by atomic mass is 31.2. The second-order valence-electron chi connectivity index (χ2n) is 18.4. The van der Waals surface area contributed by atoms with Gasteiger partial charge in [0.15, 0.2) is 69.8 Å². The lowest BCUT2D eigenvalue weighted by molar-refractivity contribution is 0.102. The van der Waals surface area contributed by atoms with Crippen LogP contribution in [0.3, 0.4) is 0 Å². The minimum Gasteiger partial charge on any atom is -0.290 e. The van der Waals surface area contributed by atoms with Crippen LogP contribution in [0.2, 0.25) is 0 Å². The van der Waals surface area contributed by atoms with Crippen LogP contribution < -0.4 is 37.8 Å². The monoisotopic (exact) mass is 1140 g/mol. The standard InChI is InChI=1S/C32H34OP.C24BF20/c1-22-12-15-25(4)30(18-22)34(31-19-23(2)13-16-26(31)5,32-20-24(3)14-17-27(32)6)21-29(33)28-10-8-7-9-11-28;26-5-1(6(27)14(35)21(42)13(5)34)25(2-7(28)15(36)22(43)16(37)8(2)29,3-9(30)17(38)23(44)18(39)10(3)31)4-11(32)19(40)24(45)20(41)12(4)33/h7-20H,21H2,1-6H3;/q+1;-1. The van der Waals surface area contributed by atoms with Gasteiger partial charge in [0.25, 0.3) is 0 Å². The average molecular weight is 1140 g/mol. The van der Waals surface area contributed by atoms with Gasteiger partial charge in [-0.05, 0) is 93.1 Å². The molecule has 0 spiro atoms. The van der Waals surface area contributed by atoms with E-state index in [1.165, 1.54) is 49.3 Å². The van der Waals surface area contributed by atoms with Gasteiger partial charge in [0.2, 0.25) is 5.78 Å². The van der Waals surface area contributed by atoms with Crippen molar-refractivity contribution in [1.29, 1.82) is 0 Å². The number of hydrogen-bond donors (Lipinski definition) is 0. The van der Waals surface area contributed by atoms with Crippen LogP contribution in [0, 0.1) is 158 Å². The van der Waals surface area contributed by atoms with E-state index in [4.69, 9.17) is 0 Å². The van der Waals surface area contributed by atoms with E-state index >= 15 is 35.1 Å². The first kappa shape index (κ1) is 59.2. The summed E-state index contributed by atoms with van der Waals surface area (Å²) in [6.07, 6.45) is -6.74. The predicted molar refractivity (Wildman–Crippen MR) is 258 cm³/mol. The Labute approximate surface area is 436 Å². The summed E-state index contributed by atoms with van der Waals surface area (Å²) in [4.78, 5) is 14.0. The third-order valence-corrected chi connectivity index (χ3v) is 18.2. The number of hydrogen-bond acceptors (Lipinski definition) is 1. The van der Waals surface area contributed by atoms with Crippen LogP contribution in [0.5, 0.6) is 0 Å². The number of carbonyl (C=O) groups is 1. The van der Waals surface area contributed by atoms with Crippen LogP contribution >= 0.6 is 7.26 Å². The summed E-state index contributed by atoms with van der Waals surface area (Å²) in [5.74, 6) is -71.2. The number of benzene rings is 8. The Hall–Kier alpha value is -7.48. The Morgan fingerprint density at radius 2 is 0.532 bits per heavy atom. The summed E-state index contributed by atoms with van der Waals surface area (Å²) in [5, 5.41) is 3.96. The molecule has 0 saturated carbocycles. The first-order valence-electron chi connectivity index (χ1n) is 22.9. The highest BCUT2D eigenvalue weighted by Gasteiger charge is 2.53. The van der Waals surface area contributed by atoms with E-state index in [0.717, 1.165) is 5.56 Å². The molecule has 8 rings (SSSR count). The quantitative estimate of drug-likeness (QED) is 0.0333. The molecule has 0 unspecified atom stereocenters. The van der Waals surface area contributed by atoms with Gasteiger partial charge in [0.05, 0.1) is 0 Å². The highest BCUT2D eigenvalue weighted by Crippen LogP contribution is 2.58. The van der Waals surface area contributed by atoms with Crippen molar-refractivity contribution in [3.8, 4) is 0 Å². The largest absolute Gasteiger partial charge is 0.290 e. The topological polar surface area (TPSA) is 17.1 Å². The van der Waals surface area contributed by atoms with Crippen LogP contribution in [-0.2, 0) is 0 Å². The summed E-state index contributed by atoms with van der Waals surface area (Å²) >= 11 is 0. The zero-order valence-electron chi connectivity index (χ0n) is 41.3. The van der Waals surface area contributed by atoms with Crippen LogP contribution in [0.1, 0.15) is 43.7 Å². The van der Waals surface area contributed by atoms with Crippen molar-refractivity contribution in [2.24, 2.45) is 0 Å². The first-order valence-corrected chi connectivity index (χ1v) is 24.8. The van der Waals surface area contributed by atoms with Gasteiger partial charge in [-0.1, -0.05) is 66.7 Å². The van der Waals surface area contributed by atoms with Crippen LogP contribution in [0.4, 0.5) is 87.8 Å². The van der Waals surface area contributed by atoms with E-state index < -0.39 is 152 Å². The number of halogens is 20. The van der Waals surface area contributed by atoms with E-state index in [1.807, 2.05) is 30.3 Å². The Morgan fingerprint density at radius 1 is 0.316 bits per heavy atom. The Kier molecular flexibility index (Phi) is 16.5. The molecule has 0 aliphatic carbocycles. The van der Waals surface area contributed by atoms with Crippen molar-refractivity contribution in [2.75, 3.05) is 6.16 Å². The van der Waals surface area contributed by atoms with Gasteiger partial charge in [0.1, 0.15) is 82.0 Å². The lowest BCUT2D eigenvalue weighted by atomic mass is 9.12. The number of aryl methyl sites for hydroxylation is 6. The van der Waals surface area contributed by atoms with Crippen molar-refractivity contribution >= 4 is 57.0 Å². The lowest BCUT2D eigenvalue weighted by Crippen LogP contribution is -2.81. The zero-order chi connectivity index (χ0) is 58.8. The molecule has 0 amide bonds. The number of ketones is 1. The van der Waals surface area contributed by atoms with E-state index in [1.54, 1.807) is 0 Å². The van der Waals surface area contributed by atoms with Crippen LogP contribution in [0.15, 0.2) is 84.9 Å². The SMILES string of the molecule is Cc1ccc(C)c([P+](CC(=O)c2ccccc2)(c2cc(C)ccc2C)c2cc(C)ccc2C)c1.Fc1c(F)c(F)c([B-](c2c(F)c(F)c(F)c(F)c2F)(c2c(F)c(F)c(F)c(F)c2F)c2c(F)c(F)c(F)c(F)c2F)c(F)c1F. The van der Waals surface area contributed by atoms with Gasteiger partial charge in [-0.15, -0.1) is 21.9 Å². The fourth-order valence-corrected chi connectivity index (χ4v) is 15.0. The molecular formula is C56H34BF20OP. The molecule has 0 saturated heterocycles. The molecule has 79 heavy (non-hydrogen) atoms. The summed E-state index contributed by atoms with van der Waals surface area (Å²) in [7, 11) is -2.32. The molecule has 23 heteroatoms. The summed E-state index contributed by atoms with van der Waals surface area (Å²) in [5.41, 5.74) is -6.10. The molecule has 0 aliphatic heterocycles. The molecule has 0 aliphatic rings. The van der Waals surface area contributed by atoms with E-state index in [9.17, 15) is 57.5 Å². The van der Waals surface area contributed by atoms with Crippen LogP contribution in [0.25, 0.3) is 0 Å². The summed E-state index contributed by atoms with van der Waals surface area (Å²) in [6.45, 7) is 13.1. The predicted octanol–water partition coefficient (Wildman–Crippen LogP) is 12.6. The molecule has 8 aromatic carbocycles. The first-order chi connectivity index (χ1) is 36.9. The van der Waals surface area contributed by atoms with Gasteiger partial charge in [-0.2, -0.15) is 0 Å². The number of carbonyl (C=O) groups excluding carboxylic acids is 1. The maximum absolute atomic E-state index is 15.4. The molecule has 1 nitrogen and oxygen atoms in total. The van der Waals surface area contributed by atoms with Gasteiger partial charge < -0.3 is 0 Å². The maximum Gasteiger partial charge on any atom is 0.201 e. The molecule has 412 valence electrons. The molecular weight excluding hydrogens is 1110 g/mol. The molecule has 0 radical (unpaired) electrons. The number of Topliss-reactive ketones (excluding diaryl/α,β-unsaturated/α-hetero) is 1. The molecule has 0 fully saturated rings. The maximum atomic E-state index is 15.4. The fraction of sp³-hybridized carbons (Fsp3) is 0.125. The van der Waals surface area contributed by atoms with Crippen molar-refractivity contribution in [1.82, 2.24) is 0 Å². The van der Waals surface area contributed by atoms with Gasteiger partial charge in [0, 0.05) is 5.56 Å². The average Bonchev–Trinajstić information content (AvgIpc) is 3.43. The van der Waals surface area contributed by atoms with Crippen molar-refractivity contribution in [2.45, 2.75) is 41.5 Å². The zero-order valence-corrected chi connectivity index (χ0v) is 42.2. The highest BCUT2D eigenvalue weighted by molar-refractivity contribution is 7.96. The molecule has 0 aromatic heterocycles. The summed E-state index contributed by atoms with van der Waals surface area (Å²) in [6, 6.07) is 30.0. The molecule has 0 atom stereocenters. The molecule has 0 bridgehead atoms. The molecule has 0 heterocycles. The smallest absolute Gasteiger partial charge is 0.201 e. The molecule has 0 N–H and O–H groups in total. The van der Waals surface area contributed by atoms with Gasteiger partial charge >= 0.3 is 0 Å². The van der Waals surface area contributed by atoms with E-state index in [0.29, 0.717) is 6.16 Å². The number of rotatable bonds is 10. The van der Waals surface area contributed by atoms with Crippen LogP contribution in [-0.4, -0.2) is 18.1 Å². The minimum absolute atomic E-state index is 0.205. The van der Waals surface area contributed by atoms with E-state index in [2.05, 4.69) is 96.1 Å². The summed E-state index contributed by atoms with van der Waals surface area (Å²) < 4.78 is 294. The van der Waals surface area contributed by atoms with Crippen molar-refractivity contribution < 1.29 is 92.6 Å². The Bertz CT molecular complexity index is 3300. The third-order valence-electron chi connectivity index (χ3n) is 13.5. The Morgan fingerprint density at radius 3 is 0.759 bits per heavy atom. The van der Waals surface area contributed by atoms with Gasteiger partial charge in [-0.3, -0.25) is 4.79 Å². The molecule has 8 aromatic rings. The second kappa shape index (κ2) is 22.0. The minimum atomic E-state index is -7.22. The normalized spacial score (nSPS) is 11.8. The van der Waals surface area contributed by atoms with Crippen molar-refractivity contribution in [3.05, 3.63) is 240 Å². The van der Waals surface area contributed by atoms with Gasteiger partial charge in [-0.25, -0.2) is 87.8 Å².